The summed E-state index contributed by atoms with van der Waals surface area (Å²) in [6.45, 7) is 11.7. The van der Waals surface area contributed by atoms with Crippen LogP contribution in [0.2, 0.25) is 0 Å². The van der Waals surface area contributed by atoms with Crippen LogP contribution in [0.15, 0.2) is 23.7 Å². The summed E-state index contributed by atoms with van der Waals surface area (Å²) >= 11 is 0. The smallest absolute Gasteiger partial charge is 0.331 e. The minimum Gasteiger partial charge on any atom is -0.469 e. The Morgan fingerprint density at radius 3 is 2.42 bits per heavy atom. The largest absolute Gasteiger partial charge is 0.469 e. The number of ether oxygens (including phenoxy) is 8. The van der Waals surface area contributed by atoms with E-state index in [4.69, 9.17) is 37.9 Å². The van der Waals surface area contributed by atoms with Gasteiger partial charge in [-0.1, -0.05) is 13.8 Å². The zero-order valence-corrected chi connectivity index (χ0v) is 34.0. The average Bonchev–Trinajstić information content (AvgIpc) is 3.63. The molecule has 17 atom stereocenters. The van der Waals surface area contributed by atoms with Gasteiger partial charge in [-0.05, 0) is 99.9 Å². The molecule has 4 N–H and O–H groups in total. The number of hydrogen-bond donors (Lipinski definition) is 4. The third kappa shape index (κ3) is 7.19. The first-order valence-electron chi connectivity index (χ1n) is 21.8. The van der Waals surface area contributed by atoms with Gasteiger partial charge in [0, 0.05) is 43.8 Å². The summed E-state index contributed by atoms with van der Waals surface area (Å²) in [7, 11) is 0. The van der Waals surface area contributed by atoms with Gasteiger partial charge in [-0.2, -0.15) is 0 Å². The van der Waals surface area contributed by atoms with Crippen LogP contribution in [0.5, 0.6) is 0 Å². The number of hydrogen-bond acceptors (Lipinski definition) is 14. The van der Waals surface area contributed by atoms with Crippen molar-refractivity contribution in [2.75, 3.05) is 32.9 Å². The maximum Gasteiger partial charge on any atom is 0.331 e. The molecule has 5 aliphatic heterocycles. The highest BCUT2D eigenvalue weighted by Gasteiger charge is 2.71. The second-order valence-corrected chi connectivity index (χ2v) is 19.4. The van der Waals surface area contributed by atoms with Crippen LogP contribution in [0.4, 0.5) is 0 Å². The summed E-state index contributed by atoms with van der Waals surface area (Å²) in [6.07, 6.45) is 5.09. The van der Waals surface area contributed by atoms with Gasteiger partial charge in [-0.3, -0.25) is 4.90 Å². The van der Waals surface area contributed by atoms with E-state index in [1.54, 1.807) is 6.08 Å². The highest BCUT2D eigenvalue weighted by Crippen LogP contribution is 2.70. The van der Waals surface area contributed by atoms with Crippen molar-refractivity contribution in [1.82, 2.24) is 4.90 Å². The third-order valence-electron chi connectivity index (χ3n) is 16.3. The summed E-state index contributed by atoms with van der Waals surface area (Å²) in [5, 5.41) is 46.7. The summed E-state index contributed by atoms with van der Waals surface area (Å²) < 4.78 is 47.8. The van der Waals surface area contributed by atoms with E-state index < -0.39 is 60.4 Å². The fourth-order valence-corrected chi connectivity index (χ4v) is 13.0. The SMILES string of the molecule is CC1CN(C2COC2)CCC(O[C@@H]2[C@H](C)O[C@@H](OC3=CO[C@@H](O[C@H]4CC[C@@]5(C)C(CCC6C5C[C@H](O)[C@]5(C)[C@@H](C7=CC(=O)OC7)CC[C@]65O)C4)C[C@@H]3O)C[C@@H]2O)O1. The number of aliphatic hydroxyl groups excluding tert-OH is 3. The molecular weight excluding hydrogens is 738 g/mol. The van der Waals surface area contributed by atoms with Crippen molar-refractivity contribution in [1.29, 1.82) is 0 Å². The van der Waals surface area contributed by atoms with E-state index in [1.807, 2.05) is 20.8 Å². The molecule has 5 unspecified atom stereocenters. The number of fused-ring (bicyclic) bond motifs is 5. The number of cyclic esters (lactones) is 1. The van der Waals surface area contributed by atoms with E-state index >= 15 is 0 Å². The summed E-state index contributed by atoms with van der Waals surface area (Å²) in [5.74, 6) is 0.492. The molecule has 320 valence electrons. The van der Waals surface area contributed by atoms with E-state index in [1.165, 1.54) is 6.26 Å². The van der Waals surface area contributed by atoms with E-state index in [2.05, 4.69) is 11.8 Å². The molecule has 9 rings (SSSR count). The van der Waals surface area contributed by atoms with Crippen LogP contribution in [0.25, 0.3) is 0 Å². The van der Waals surface area contributed by atoms with Gasteiger partial charge in [-0.25, -0.2) is 4.79 Å². The number of esters is 1. The minimum atomic E-state index is -1.00. The zero-order valence-electron chi connectivity index (χ0n) is 34.0. The topological polar surface area (TPSA) is 175 Å². The van der Waals surface area contributed by atoms with Crippen LogP contribution >= 0.6 is 0 Å². The minimum absolute atomic E-state index is 0.0113. The molecule has 9 aliphatic rings. The lowest BCUT2D eigenvalue weighted by molar-refractivity contribution is -0.287. The Hall–Kier alpha value is -1.85. The molecule has 0 aromatic rings. The van der Waals surface area contributed by atoms with E-state index in [-0.39, 0.29) is 66.6 Å². The number of nitrogens with zero attached hydrogens (tertiary/aromatic N) is 1. The predicted octanol–water partition coefficient (Wildman–Crippen LogP) is 3.28. The van der Waals surface area contributed by atoms with Crippen molar-refractivity contribution in [3.8, 4) is 0 Å². The molecule has 14 heteroatoms. The molecule has 4 saturated carbocycles. The standard InChI is InChI=1S/C43H65NO13/c1-23-18-44(27-20-50-21-27)12-9-37(53-23)57-40-24(2)54-39(17-33(40)46)56-34-22-52-38(16-32(34)45)55-28-7-10-41(3)26(14-28)5-6-30-31(41)15-35(47)42(4)29(8-11-43(30,42)49)25-13-36(48)51-19-25/h13,22-24,26-33,35,37-40,45-47,49H,5-12,14-21H2,1-4H3/t23?,24-,26?,28-,29+,30?,31?,32-,33-,35-,37?,38-,39-,40+,41-,42-,43-/m0/s1. The molecule has 7 fully saturated rings. The van der Waals surface area contributed by atoms with Gasteiger partial charge < -0.3 is 58.3 Å². The van der Waals surface area contributed by atoms with Crippen LogP contribution in [0, 0.1) is 34.5 Å². The molecule has 3 saturated heterocycles. The van der Waals surface area contributed by atoms with Crippen molar-refractivity contribution in [2.45, 2.75) is 172 Å². The van der Waals surface area contributed by atoms with E-state index in [9.17, 15) is 25.2 Å². The van der Waals surface area contributed by atoms with Crippen LogP contribution in [-0.2, 0) is 42.7 Å². The molecule has 5 heterocycles. The van der Waals surface area contributed by atoms with Gasteiger partial charge in [0.2, 0.25) is 12.6 Å². The Bertz CT molecular complexity index is 1540. The Kier molecular flexibility index (Phi) is 11.1. The maximum absolute atomic E-state index is 12.6. The van der Waals surface area contributed by atoms with Gasteiger partial charge >= 0.3 is 5.97 Å². The molecule has 0 aromatic carbocycles. The lowest BCUT2D eigenvalue weighted by Crippen LogP contribution is -2.67. The lowest BCUT2D eigenvalue weighted by atomic mass is 9.42. The quantitative estimate of drug-likeness (QED) is 0.263. The van der Waals surface area contributed by atoms with Crippen LogP contribution < -0.4 is 0 Å². The normalized spacial score (nSPS) is 50.6. The van der Waals surface area contributed by atoms with Crippen LogP contribution in [-0.4, -0.2) is 137 Å². The van der Waals surface area contributed by atoms with Gasteiger partial charge in [0.1, 0.15) is 25.1 Å². The molecule has 0 radical (unpaired) electrons. The molecule has 4 aliphatic carbocycles. The zero-order chi connectivity index (χ0) is 39.9. The van der Waals surface area contributed by atoms with Crippen molar-refractivity contribution in [2.24, 2.45) is 34.5 Å². The van der Waals surface area contributed by atoms with Crippen molar-refractivity contribution >= 4 is 5.97 Å². The Morgan fingerprint density at radius 2 is 1.70 bits per heavy atom. The lowest BCUT2D eigenvalue weighted by Gasteiger charge is -2.65. The second kappa shape index (κ2) is 15.6. The highest BCUT2D eigenvalue weighted by atomic mass is 16.7. The monoisotopic (exact) mass is 803 g/mol. The summed E-state index contributed by atoms with van der Waals surface area (Å²) in [4.78, 5) is 14.3. The Balaban J connectivity index is 0.763. The van der Waals surface area contributed by atoms with Gasteiger partial charge in [0.25, 0.3) is 0 Å². The van der Waals surface area contributed by atoms with Gasteiger partial charge in [-0.15, -0.1) is 0 Å². The van der Waals surface area contributed by atoms with E-state index in [0.29, 0.717) is 31.2 Å². The first-order chi connectivity index (χ1) is 27.2. The number of rotatable bonds is 8. The number of aliphatic hydroxyl groups is 4. The predicted molar refractivity (Wildman–Crippen MR) is 202 cm³/mol. The third-order valence-corrected chi connectivity index (χ3v) is 16.3. The summed E-state index contributed by atoms with van der Waals surface area (Å²) in [5.41, 5.74) is -0.856. The maximum atomic E-state index is 12.6. The second-order valence-electron chi connectivity index (χ2n) is 19.4. The Morgan fingerprint density at radius 1 is 0.877 bits per heavy atom. The van der Waals surface area contributed by atoms with Gasteiger partial charge in [0.05, 0.1) is 55.4 Å². The Labute approximate surface area is 336 Å². The van der Waals surface area contributed by atoms with Crippen molar-refractivity contribution in [3.05, 3.63) is 23.7 Å². The number of carbonyl (C=O) groups excluding carboxylic acids is 1. The first-order valence-corrected chi connectivity index (χ1v) is 21.8. The fraction of sp³-hybridized carbons (Fsp3) is 0.884. The van der Waals surface area contributed by atoms with E-state index in [0.717, 1.165) is 70.4 Å². The molecule has 57 heavy (non-hydrogen) atoms. The molecule has 0 aromatic heterocycles. The van der Waals surface area contributed by atoms with Crippen LogP contribution in [0.1, 0.15) is 98.3 Å². The molecule has 0 spiro atoms. The van der Waals surface area contributed by atoms with Crippen molar-refractivity contribution in [3.63, 3.8) is 0 Å². The highest BCUT2D eigenvalue weighted by molar-refractivity contribution is 5.85. The molecular formula is C43H65NO13. The first kappa shape index (κ1) is 40.6. The van der Waals surface area contributed by atoms with Crippen molar-refractivity contribution < 1.29 is 63.1 Å². The molecule has 0 bridgehead atoms. The molecule has 0 amide bonds. The number of carbonyl (C=O) groups is 1. The molecule has 14 nitrogen and oxygen atoms in total. The van der Waals surface area contributed by atoms with Gasteiger partial charge in [0.15, 0.2) is 12.0 Å². The average molecular weight is 804 g/mol. The summed E-state index contributed by atoms with van der Waals surface area (Å²) in [6, 6.07) is 0.426. The fourth-order valence-electron chi connectivity index (χ4n) is 13.0. The van der Waals surface area contributed by atoms with Crippen LogP contribution in [0.3, 0.4) is 0 Å².